The smallest absolute Gasteiger partial charge is 0.165 e. The quantitative estimate of drug-likeness (QED) is 0.677. The van der Waals surface area contributed by atoms with Crippen LogP contribution in [-0.2, 0) is 9.47 Å². The van der Waals surface area contributed by atoms with Gasteiger partial charge in [0, 0.05) is 5.41 Å². The minimum Gasteiger partial charge on any atom is -0.352 e. The van der Waals surface area contributed by atoms with Crippen molar-refractivity contribution in [2.75, 3.05) is 13.2 Å². The van der Waals surface area contributed by atoms with Crippen LogP contribution in [0.25, 0.3) is 0 Å². The Hall–Kier alpha value is -0.600. The molecule has 3 unspecified atom stereocenters. The number of ether oxygens (including phenoxy) is 2. The third-order valence-corrected chi connectivity index (χ3v) is 5.73. The van der Waals surface area contributed by atoms with Gasteiger partial charge in [0.2, 0.25) is 0 Å². The third-order valence-electron chi connectivity index (χ3n) is 5.73. The van der Waals surface area contributed by atoms with E-state index in [9.17, 15) is 0 Å². The molecule has 0 bridgehead atoms. The molecule has 4 aliphatic rings. The number of rotatable bonds is 3. The summed E-state index contributed by atoms with van der Waals surface area (Å²) in [5.41, 5.74) is 0.759. The van der Waals surface area contributed by atoms with Gasteiger partial charge in [-0.1, -0.05) is 25.2 Å². The van der Waals surface area contributed by atoms with Crippen molar-refractivity contribution >= 4 is 0 Å². The van der Waals surface area contributed by atoms with Gasteiger partial charge < -0.3 is 9.47 Å². The summed E-state index contributed by atoms with van der Waals surface area (Å²) in [7, 11) is 0. The first-order chi connectivity index (χ1) is 7.76. The summed E-state index contributed by atoms with van der Waals surface area (Å²) in [6.07, 6.45) is 7.98. The molecule has 1 saturated heterocycles. The van der Waals surface area contributed by atoms with Gasteiger partial charge in [-0.15, -0.1) is 6.58 Å². The third kappa shape index (κ3) is 0.696. The van der Waals surface area contributed by atoms with Gasteiger partial charge >= 0.3 is 0 Å². The van der Waals surface area contributed by atoms with Crippen molar-refractivity contribution in [3.63, 3.8) is 0 Å². The normalized spacial score (nSPS) is 59.8. The van der Waals surface area contributed by atoms with Crippen LogP contribution < -0.4 is 0 Å². The summed E-state index contributed by atoms with van der Waals surface area (Å²) in [5, 5.41) is 0. The molecule has 6 atom stereocenters. The highest BCUT2D eigenvalue weighted by Gasteiger charge is 2.87. The molecule has 1 heterocycles. The molecule has 4 rings (SSSR count). The molecule has 2 heteroatoms. The van der Waals surface area contributed by atoms with Gasteiger partial charge in [0.1, 0.15) is 0 Å². The highest BCUT2D eigenvalue weighted by Crippen LogP contribution is 2.87. The second-order valence-corrected chi connectivity index (χ2v) is 5.90. The van der Waals surface area contributed by atoms with Crippen LogP contribution in [0.3, 0.4) is 0 Å². The average Bonchev–Trinajstić information content (AvgIpc) is 2.50. The van der Waals surface area contributed by atoms with E-state index < -0.39 is 0 Å². The molecule has 86 valence electrons. The predicted octanol–water partition coefficient (Wildman–Crippen LogP) is 2.37. The molecule has 3 fully saturated rings. The van der Waals surface area contributed by atoms with Gasteiger partial charge in [-0.3, -0.25) is 0 Å². The highest BCUT2D eigenvalue weighted by atomic mass is 16.7. The lowest BCUT2D eigenvalue weighted by atomic mass is 9.88. The van der Waals surface area contributed by atoms with Gasteiger partial charge in [0.15, 0.2) is 6.29 Å². The number of hydrogen-bond acceptors (Lipinski definition) is 2. The molecule has 0 N–H and O–H groups in total. The molecule has 3 aliphatic carbocycles. The first-order valence-corrected chi connectivity index (χ1v) is 6.28. The van der Waals surface area contributed by atoms with E-state index in [1.165, 1.54) is 6.42 Å². The van der Waals surface area contributed by atoms with E-state index in [0.717, 1.165) is 18.4 Å². The molecule has 1 aliphatic heterocycles. The molecule has 1 spiro atoms. The van der Waals surface area contributed by atoms with Crippen molar-refractivity contribution in [1.29, 1.82) is 0 Å². The lowest BCUT2D eigenvalue weighted by Gasteiger charge is -2.23. The Balaban J connectivity index is 1.70. The molecule has 16 heavy (non-hydrogen) atoms. The standard InChI is InChI=1S/C14H18O2/c1-3-6-15-12-14-10(8-16-12)7-9-4-5-11(14)13(9,14)2/h3-5,9-12H,1,6-8H2,2H3/t9?,10-,11?,12-,13-,14?/m1/s1. The first kappa shape index (κ1) is 9.43. The van der Waals surface area contributed by atoms with Crippen LogP contribution >= 0.6 is 0 Å². The van der Waals surface area contributed by atoms with E-state index in [4.69, 9.17) is 9.47 Å². The van der Waals surface area contributed by atoms with E-state index in [-0.39, 0.29) is 6.29 Å². The molecular formula is C14H18O2. The van der Waals surface area contributed by atoms with Crippen LogP contribution in [0.5, 0.6) is 0 Å². The minimum atomic E-state index is 0.0143. The fourth-order valence-corrected chi connectivity index (χ4v) is 5.09. The Bertz CT molecular complexity index is 388. The van der Waals surface area contributed by atoms with Gasteiger partial charge in [-0.2, -0.15) is 0 Å². The molecular weight excluding hydrogens is 200 g/mol. The van der Waals surface area contributed by atoms with Crippen molar-refractivity contribution in [2.24, 2.45) is 28.6 Å². The van der Waals surface area contributed by atoms with Crippen LogP contribution in [-0.4, -0.2) is 19.5 Å². The maximum absolute atomic E-state index is 5.88. The zero-order chi connectivity index (χ0) is 11.0. The summed E-state index contributed by atoms with van der Waals surface area (Å²) in [4.78, 5) is 0. The number of hydrogen-bond donors (Lipinski definition) is 0. The largest absolute Gasteiger partial charge is 0.352 e. The van der Waals surface area contributed by atoms with Crippen LogP contribution in [0.2, 0.25) is 0 Å². The minimum absolute atomic E-state index is 0.0143. The van der Waals surface area contributed by atoms with Crippen LogP contribution in [0.4, 0.5) is 0 Å². The lowest BCUT2D eigenvalue weighted by molar-refractivity contribution is -0.138. The zero-order valence-corrected chi connectivity index (χ0v) is 9.69. The summed E-state index contributed by atoms with van der Waals surface area (Å²) in [6, 6.07) is 0. The van der Waals surface area contributed by atoms with Crippen LogP contribution in [0.15, 0.2) is 24.8 Å². The summed E-state index contributed by atoms with van der Waals surface area (Å²) < 4.78 is 11.7. The van der Waals surface area contributed by atoms with Crippen molar-refractivity contribution in [3.8, 4) is 0 Å². The van der Waals surface area contributed by atoms with Gasteiger partial charge in [0.25, 0.3) is 0 Å². The van der Waals surface area contributed by atoms with Crippen molar-refractivity contribution in [3.05, 3.63) is 24.8 Å². The predicted molar refractivity (Wildman–Crippen MR) is 60.7 cm³/mol. The van der Waals surface area contributed by atoms with Crippen molar-refractivity contribution in [1.82, 2.24) is 0 Å². The fourth-order valence-electron chi connectivity index (χ4n) is 5.09. The summed E-state index contributed by atoms with van der Waals surface area (Å²) >= 11 is 0. The Kier molecular flexibility index (Phi) is 1.55. The Labute approximate surface area is 96.3 Å². The van der Waals surface area contributed by atoms with E-state index in [1.54, 1.807) is 0 Å². The van der Waals surface area contributed by atoms with E-state index in [2.05, 4.69) is 25.7 Å². The second kappa shape index (κ2) is 2.62. The Morgan fingerprint density at radius 3 is 3.19 bits per heavy atom. The second-order valence-electron chi connectivity index (χ2n) is 5.90. The van der Waals surface area contributed by atoms with Gasteiger partial charge in [-0.25, -0.2) is 0 Å². The highest BCUT2D eigenvalue weighted by molar-refractivity contribution is 5.41. The Morgan fingerprint density at radius 2 is 2.44 bits per heavy atom. The molecule has 0 amide bonds. The zero-order valence-electron chi connectivity index (χ0n) is 9.69. The van der Waals surface area contributed by atoms with E-state index in [1.807, 2.05) is 6.08 Å². The van der Waals surface area contributed by atoms with Gasteiger partial charge in [0.05, 0.1) is 13.2 Å². The van der Waals surface area contributed by atoms with Crippen molar-refractivity contribution < 1.29 is 9.47 Å². The van der Waals surface area contributed by atoms with Gasteiger partial charge in [-0.05, 0) is 29.6 Å². The monoisotopic (exact) mass is 218 g/mol. The Morgan fingerprint density at radius 1 is 1.56 bits per heavy atom. The first-order valence-electron chi connectivity index (χ1n) is 6.28. The molecule has 0 aromatic carbocycles. The van der Waals surface area contributed by atoms with Crippen molar-refractivity contribution in [2.45, 2.75) is 19.6 Å². The van der Waals surface area contributed by atoms with E-state index in [0.29, 0.717) is 23.4 Å². The fraction of sp³-hybridized carbons (Fsp3) is 0.714. The molecule has 0 radical (unpaired) electrons. The topological polar surface area (TPSA) is 18.5 Å². The van der Waals surface area contributed by atoms with Crippen LogP contribution in [0, 0.1) is 28.6 Å². The van der Waals surface area contributed by atoms with Crippen LogP contribution in [0.1, 0.15) is 13.3 Å². The lowest BCUT2D eigenvalue weighted by Crippen LogP contribution is -2.28. The molecule has 0 aromatic rings. The summed E-state index contributed by atoms with van der Waals surface area (Å²) in [5.74, 6) is 2.21. The maximum Gasteiger partial charge on any atom is 0.165 e. The van der Waals surface area contributed by atoms with E-state index >= 15 is 0 Å². The average molecular weight is 218 g/mol. The maximum atomic E-state index is 5.88. The molecule has 2 nitrogen and oxygen atoms in total. The molecule has 0 aromatic heterocycles. The summed E-state index contributed by atoms with van der Waals surface area (Å²) in [6.45, 7) is 7.65. The number of allylic oxidation sites excluding steroid dienone is 2. The SMILES string of the molecule is C=CCO[C@@H]1OC[C@H]2CC3C=CC4C21[C@]34C. The molecule has 2 saturated carbocycles.